The molecule has 0 atom stereocenters. The van der Waals surface area contributed by atoms with Crippen LogP contribution in [0.15, 0.2) is 48.5 Å². The molecule has 142 valence electrons. The Labute approximate surface area is 158 Å². The molecule has 6 nitrogen and oxygen atoms in total. The van der Waals surface area contributed by atoms with Crippen molar-refractivity contribution in [2.75, 3.05) is 5.32 Å². The first-order valence-electron chi connectivity index (χ1n) is 8.62. The van der Waals surface area contributed by atoms with Crippen molar-refractivity contribution in [2.45, 2.75) is 34.2 Å². The summed E-state index contributed by atoms with van der Waals surface area (Å²) in [6, 6.07) is 13.7. The highest BCUT2D eigenvalue weighted by Crippen LogP contribution is 2.18. The van der Waals surface area contributed by atoms with Crippen molar-refractivity contribution in [3.63, 3.8) is 0 Å². The number of carbonyl (C=O) groups excluding carboxylic acids is 3. The third kappa shape index (κ3) is 6.26. The van der Waals surface area contributed by atoms with Gasteiger partial charge >= 0.3 is 5.97 Å². The Balaban J connectivity index is 2.00. The number of anilines is 1. The molecule has 0 aromatic heterocycles. The molecule has 0 aliphatic heterocycles. The summed E-state index contributed by atoms with van der Waals surface area (Å²) in [4.78, 5) is 35.4. The van der Waals surface area contributed by atoms with E-state index >= 15 is 0 Å². The second-order valence-electron chi connectivity index (χ2n) is 7.21. The number of carbonyl (C=O) groups is 3. The average Bonchev–Trinajstić information content (AvgIpc) is 2.59. The molecule has 27 heavy (non-hydrogen) atoms. The zero-order valence-corrected chi connectivity index (χ0v) is 16.0. The SMILES string of the molecule is CC(=O)Oc1cccc(C(=O)NCc2cccc(NC(=O)C(C)(C)C)c2)c1. The number of hydrogen-bond acceptors (Lipinski definition) is 4. The van der Waals surface area contributed by atoms with E-state index in [0.29, 0.717) is 23.5 Å². The van der Waals surface area contributed by atoms with Gasteiger partial charge in [0, 0.05) is 30.1 Å². The largest absolute Gasteiger partial charge is 0.427 e. The number of ether oxygens (including phenoxy) is 1. The average molecular weight is 368 g/mol. The summed E-state index contributed by atoms with van der Waals surface area (Å²) in [7, 11) is 0. The molecule has 2 amide bonds. The predicted octanol–water partition coefficient (Wildman–Crippen LogP) is 3.53. The predicted molar refractivity (Wildman–Crippen MR) is 103 cm³/mol. The van der Waals surface area contributed by atoms with E-state index in [2.05, 4.69) is 10.6 Å². The number of hydrogen-bond donors (Lipinski definition) is 2. The lowest BCUT2D eigenvalue weighted by Gasteiger charge is -2.18. The normalized spacial score (nSPS) is 10.8. The molecule has 0 saturated carbocycles. The zero-order valence-electron chi connectivity index (χ0n) is 16.0. The summed E-state index contributed by atoms with van der Waals surface area (Å²) < 4.78 is 4.99. The Morgan fingerprint density at radius 1 is 1.00 bits per heavy atom. The first kappa shape index (κ1) is 20.2. The van der Waals surface area contributed by atoms with Gasteiger partial charge in [-0.05, 0) is 35.9 Å². The van der Waals surface area contributed by atoms with Crippen LogP contribution in [0.5, 0.6) is 5.75 Å². The van der Waals surface area contributed by atoms with Gasteiger partial charge in [0.05, 0.1) is 0 Å². The summed E-state index contributed by atoms with van der Waals surface area (Å²) in [5, 5.41) is 5.68. The van der Waals surface area contributed by atoms with Crippen molar-refractivity contribution in [1.82, 2.24) is 5.32 Å². The van der Waals surface area contributed by atoms with Crippen molar-refractivity contribution in [3.05, 3.63) is 59.7 Å². The quantitative estimate of drug-likeness (QED) is 0.625. The summed E-state index contributed by atoms with van der Waals surface area (Å²) in [6.07, 6.45) is 0. The molecule has 0 radical (unpaired) electrons. The molecule has 0 aliphatic rings. The maximum absolute atomic E-state index is 12.3. The third-order valence-corrected chi connectivity index (χ3v) is 3.68. The Morgan fingerprint density at radius 2 is 1.70 bits per heavy atom. The van der Waals surface area contributed by atoms with Gasteiger partial charge in [-0.3, -0.25) is 14.4 Å². The van der Waals surface area contributed by atoms with Crippen LogP contribution in [0, 0.1) is 5.41 Å². The zero-order chi connectivity index (χ0) is 20.0. The van der Waals surface area contributed by atoms with Crippen LogP contribution in [0.25, 0.3) is 0 Å². The molecular formula is C21H24N2O4. The van der Waals surface area contributed by atoms with E-state index in [1.54, 1.807) is 24.3 Å². The van der Waals surface area contributed by atoms with Gasteiger partial charge in [-0.2, -0.15) is 0 Å². The van der Waals surface area contributed by atoms with Gasteiger partial charge in [0.1, 0.15) is 5.75 Å². The van der Waals surface area contributed by atoms with Gasteiger partial charge in [-0.15, -0.1) is 0 Å². The smallest absolute Gasteiger partial charge is 0.308 e. The van der Waals surface area contributed by atoms with Crippen LogP contribution < -0.4 is 15.4 Å². The highest BCUT2D eigenvalue weighted by molar-refractivity contribution is 5.95. The number of rotatable bonds is 5. The van der Waals surface area contributed by atoms with Crippen LogP contribution in [0.1, 0.15) is 43.6 Å². The first-order chi connectivity index (χ1) is 12.6. The minimum Gasteiger partial charge on any atom is -0.427 e. The topological polar surface area (TPSA) is 84.5 Å². The second kappa shape index (κ2) is 8.49. The molecule has 2 aromatic carbocycles. The molecule has 0 heterocycles. The summed E-state index contributed by atoms with van der Waals surface area (Å²) in [5.41, 5.74) is 1.44. The van der Waals surface area contributed by atoms with E-state index in [-0.39, 0.29) is 11.8 Å². The number of amides is 2. The van der Waals surface area contributed by atoms with Gasteiger partial charge in [0.25, 0.3) is 5.91 Å². The van der Waals surface area contributed by atoms with Crippen LogP contribution in [0.4, 0.5) is 5.69 Å². The summed E-state index contributed by atoms with van der Waals surface area (Å²) in [6.45, 7) is 7.14. The lowest BCUT2D eigenvalue weighted by atomic mass is 9.95. The van der Waals surface area contributed by atoms with Crippen molar-refractivity contribution in [3.8, 4) is 5.75 Å². The Morgan fingerprint density at radius 3 is 2.37 bits per heavy atom. The number of nitrogens with one attached hydrogen (secondary N) is 2. The third-order valence-electron chi connectivity index (χ3n) is 3.68. The Kier molecular flexibility index (Phi) is 6.34. The molecule has 0 aliphatic carbocycles. The van der Waals surface area contributed by atoms with Crippen LogP contribution in [0.2, 0.25) is 0 Å². The molecule has 0 unspecified atom stereocenters. The fourth-order valence-electron chi connectivity index (χ4n) is 2.23. The van der Waals surface area contributed by atoms with E-state index in [1.807, 2.05) is 39.0 Å². The molecule has 0 bridgehead atoms. The highest BCUT2D eigenvalue weighted by atomic mass is 16.5. The van der Waals surface area contributed by atoms with Gasteiger partial charge in [0.15, 0.2) is 0 Å². The van der Waals surface area contributed by atoms with Crippen LogP contribution in [-0.4, -0.2) is 17.8 Å². The summed E-state index contributed by atoms with van der Waals surface area (Å²) >= 11 is 0. The van der Waals surface area contributed by atoms with Crippen molar-refractivity contribution in [1.29, 1.82) is 0 Å². The van der Waals surface area contributed by atoms with E-state index in [9.17, 15) is 14.4 Å². The maximum atomic E-state index is 12.3. The van der Waals surface area contributed by atoms with E-state index in [1.165, 1.54) is 13.0 Å². The van der Waals surface area contributed by atoms with E-state index in [4.69, 9.17) is 4.74 Å². The first-order valence-corrected chi connectivity index (χ1v) is 8.62. The molecular weight excluding hydrogens is 344 g/mol. The molecule has 0 spiro atoms. The molecule has 0 fully saturated rings. The number of esters is 1. The van der Waals surface area contributed by atoms with Crippen molar-refractivity contribution in [2.24, 2.45) is 5.41 Å². The van der Waals surface area contributed by atoms with Crippen LogP contribution in [-0.2, 0) is 16.1 Å². The lowest BCUT2D eigenvalue weighted by Crippen LogP contribution is -2.27. The highest BCUT2D eigenvalue weighted by Gasteiger charge is 2.21. The minimum atomic E-state index is -0.489. The van der Waals surface area contributed by atoms with E-state index < -0.39 is 11.4 Å². The summed E-state index contributed by atoms with van der Waals surface area (Å²) in [5.74, 6) is -0.483. The Bertz CT molecular complexity index is 853. The van der Waals surface area contributed by atoms with Gasteiger partial charge in [-0.1, -0.05) is 39.0 Å². The van der Waals surface area contributed by atoms with Crippen molar-refractivity contribution < 1.29 is 19.1 Å². The lowest BCUT2D eigenvalue weighted by molar-refractivity contribution is -0.131. The maximum Gasteiger partial charge on any atom is 0.308 e. The second-order valence-corrected chi connectivity index (χ2v) is 7.21. The van der Waals surface area contributed by atoms with Crippen LogP contribution in [0.3, 0.4) is 0 Å². The van der Waals surface area contributed by atoms with E-state index in [0.717, 1.165) is 5.56 Å². The number of benzene rings is 2. The standard InChI is InChI=1S/C21H24N2O4/c1-14(24)27-18-10-6-8-16(12-18)19(25)22-13-15-7-5-9-17(11-15)23-20(26)21(2,3)4/h5-12H,13H2,1-4H3,(H,22,25)(H,23,26). The van der Waals surface area contributed by atoms with Crippen molar-refractivity contribution >= 4 is 23.5 Å². The molecule has 2 N–H and O–H groups in total. The monoisotopic (exact) mass is 368 g/mol. The fourth-order valence-corrected chi connectivity index (χ4v) is 2.23. The fraction of sp³-hybridized carbons (Fsp3) is 0.286. The molecule has 2 aromatic rings. The molecule has 6 heteroatoms. The molecule has 2 rings (SSSR count). The van der Waals surface area contributed by atoms with Gasteiger partial charge < -0.3 is 15.4 Å². The minimum absolute atomic E-state index is 0.0778. The van der Waals surface area contributed by atoms with Crippen LogP contribution >= 0.6 is 0 Å². The van der Waals surface area contributed by atoms with Gasteiger partial charge in [0.2, 0.25) is 5.91 Å². The Hall–Kier alpha value is -3.15. The molecule has 0 saturated heterocycles. The van der Waals surface area contributed by atoms with Gasteiger partial charge in [-0.25, -0.2) is 0 Å².